The molecule has 1 aromatic heterocycles. The second-order valence-electron chi connectivity index (χ2n) is 3.33. The number of halogens is 2. The number of hydrogen-bond acceptors (Lipinski definition) is 4. The number of rotatable bonds is 4. The van der Waals surface area contributed by atoms with Crippen molar-refractivity contribution in [1.82, 2.24) is 10.2 Å². The molecule has 2 rings (SSSR count). The first-order chi connectivity index (χ1) is 8.69. The van der Waals surface area contributed by atoms with Crippen molar-refractivity contribution < 1.29 is 9.47 Å². The molecule has 94 valence electrons. The molecule has 0 saturated carbocycles. The molecule has 0 amide bonds. The Morgan fingerprint density at radius 1 is 1.11 bits per heavy atom. The minimum Gasteiger partial charge on any atom is -0.494 e. The lowest BCUT2D eigenvalue weighted by atomic mass is 10.3. The maximum atomic E-state index is 5.86. The Morgan fingerprint density at radius 2 is 1.89 bits per heavy atom. The molecule has 0 unspecified atom stereocenters. The van der Waals surface area contributed by atoms with E-state index >= 15 is 0 Å². The monoisotopic (exact) mass is 284 g/mol. The van der Waals surface area contributed by atoms with Crippen molar-refractivity contribution in [3.05, 3.63) is 40.6 Å². The van der Waals surface area contributed by atoms with Gasteiger partial charge in [-0.2, -0.15) is 0 Å². The molecule has 1 aromatic carbocycles. The highest BCUT2D eigenvalue weighted by Gasteiger charge is 2.07. The van der Waals surface area contributed by atoms with Crippen molar-refractivity contribution in [3.8, 4) is 17.2 Å². The fourth-order valence-corrected chi connectivity index (χ4v) is 1.60. The average Bonchev–Trinajstić information content (AvgIpc) is 2.35. The molecule has 0 N–H and O–H groups in total. The fourth-order valence-electron chi connectivity index (χ4n) is 1.33. The van der Waals surface area contributed by atoms with E-state index in [9.17, 15) is 0 Å². The van der Waals surface area contributed by atoms with Crippen LogP contribution >= 0.6 is 23.2 Å². The van der Waals surface area contributed by atoms with E-state index in [-0.39, 0.29) is 10.3 Å². The maximum Gasteiger partial charge on any atom is 0.194 e. The minimum atomic E-state index is 0.154. The van der Waals surface area contributed by atoms with Crippen LogP contribution < -0.4 is 9.47 Å². The van der Waals surface area contributed by atoms with Crippen molar-refractivity contribution in [1.29, 1.82) is 0 Å². The Morgan fingerprint density at radius 3 is 2.67 bits per heavy atom. The highest BCUT2D eigenvalue weighted by molar-refractivity contribution is 6.32. The predicted octanol–water partition coefficient (Wildman–Crippen LogP) is 3.97. The standard InChI is InChI=1S/C12H10Cl2N2O2/c1-2-17-8-4-3-5-9(6-8)18-10-7-11(13)15-16-12(10)14/h3-7H,2H2,1H3. The lowest BCUT2D eigenvalue weighted by Crippen LogP contribution is -1.93. The van der Waals surface area contributed by atoms with Crippen LogP contribution in [0.1, 0.15) is 6.92 Å². The van der Waals surface area contributed by atoms with Gasteiger partial charge in [0.25, 0.3) is 0 Å². The summed E-state index contributed by atoms with van der Waals surface area (Å²) in [7, 11) is 0. The van der Waals surface area contributed by atoms with Crippen molar-refractivity contribution in [2.75, 3.05) is 6.61 Å². The predicted molar refractivity (Wildman–Crippen MR) is 69.7 cm³/mol. The van der Waals surface area contributed by atoms with Gasteiger partial charge in [0.2, 0.25) is 0 Å². The van der Waals surface area contributed by atoms with E-state index < -0.39 is 0 Å². The summed E-state index contributed by atoms with van der Waals surface area (Å²) in [6.45, 7) is 2.50. The van der Waals surface area contributed by atoms with Crippen molar-refractivity contribution in [2.24, 2.45) is 0 Å². The van der Waals surface area contributed by atoms with Gasteiger partial charge in [-0.05, 0) is 19.1 Å². The maximum absolute atomic E-state index is 5.86. The normalized spacial score (nSPS) is 10.2. The van der Waals surface area contributed by atoms with E-state index in [1.807, 2.05) is 19.1 Å². The summed E-state index contributed by atoms with van der Waals surface area (Å²) < 4.78 is 10.9. The molecule has 0 fully saturated rings. The van der Waals surface area contributed by atoms with E-state index in [1.165, 1.54) is 6.07 Å². The topological polar surface area (TPSA) is 44.2 Å². The van der Waals surface area contributed by atoms with Crippen LogP contribution in [0, 0.1) is 0 Å². The molecule has 2 aromatic rings. The third-order valence-corrected chi connectivity index (χ3v) is 2.48. The zero-order chi connectivity index (χ0) is 13.0. The summed E-state index contributed by atoms with van der Waals surface area (Å²) in [5, 5.41) is 7.64. The minimum absolute atomic E-state index is 0.154. The van der Waals surface area contributed by atoms with Gasteiger partial charge in [-0.3, -0.25) is 0 Å². The van der Waals surface area contributed by atoms with E-state index in [4.69, 9.17) is 32.7 Å². The summed E-state index contributed by atoms with van der Waals surface area (Å²) in [6.07, 6.45) is 0. The van der Waals surface area contributed by atoms with E-state index in [0.717, 1.165) is 5.75 Å². The summed E-state index contributed by atoms with van der Waals surface area (Å²) in [6, 6.07) is 8.71. The van der Waals surface area contributed by atoms with Gasteiger partial charge < -0.3 is 9.47 Å². The molecular weight excluding hydrogens is 275 g/mol. The third kappa shape index (κ3) is 3.24. The lowest BCUT2D eigenvalue weighted by Gasteiger charge is -2.08. The molecular formula is C12H10Cl2N2O2. The van der Waals surface area contributed by atoms with Crippen LogP contribution in [-0.2, 0) is 0 Å². The summed E-state index contributed by atoms with van der Waals surface area (Å²) in [5.74, 6) is 1.66. The Labute approximate surface area is 114 Å². The smallest absolute Gasteiger partial charge is 0.194 e. The summed E-state index contributed by atoms with van der Waals surface area (Å²) in [4.78, 5) is 0. The Kier molecular flexibility index (Phi) is 4.23. The molecule has 0 aliphatic carbocycles. The summed E-state index contributed by atoms with van der Waals surface area (Å²) >= 11 is 11.6. The van der Waals surface area contributed by atoms with Gasteiger partial charge in [0.1, 0.15) is 11.5 Å². The highest BCUT2D eigenvalue weighted by Crippen LogP contribution is 2.30. The largest absolute Gasteiger partial charge is 0.494 e. The summed E-state index contributed by atoms with van der Waals surface area (Å²) in [5.41, 5.74) is 0. The van der Waals surface area contributed by atoms with Gasteiger partial charge in [-0.15, -0.1) is 10.2 Å². The van der Waals surface area contributed by atoms with Gasteiger partial charge in [-0.25, -0.2) is 0 Å². The Hall–Kier alpha value is -1.52. The molecule has 4 nitrogen and oxygen atoms in total. The van der Waals surface area contributed by atoms with Crippen LogP contribution in [0.4, 0.5) is 0 Å². The molecule has 0 saturated heterocycles. The molecule has 1 heterocycles. The Balaban J connectivity index is 2.22. The van der Waals surface area contributed by atoms with E-state index in [0.29, 0.717) is 18.1 Å². The number of nitrogens with zero attached hydrogens (tertiary/aromatic N) is 2. The first kappa shape index (κ1) is 12.9. The van der Waals surface area contributed by atoms with Gasteiger partial charge >= 0.3 is 0 Å². The molecule has 0 aliphatic rings. The highest BCUT2D eigenvalue weighted by atomic mass is 35.5. The number of ether oxygens (including phenoxy) is 2. The zero-order valence-electron chi connectivity index (χ0n) is 9.56. The fraction of sp³-hybridized carbons (Fsp3) is 0.167. The molecule has 0 radical (unpaired) electrons. The molecule has 0 atom stereocenters. The van der Waals surface area contributed by atoms with Crippen LogP contribution in [0.15, 0.2) is 30.3 Å². The van der Waals surface area contributed by atoms with Crippen molar-refractivity contribution in [2.45, 2.75) is 6.92 Å². The molecule has 0 bridgehead atoms. The number of aromatic nitrogens is 2. The van der Waals surface area contributed by atoms with Crippen LogP contribution in [0.5, 0.6) is 17.2 Å². The molecule has 18 heavy (non-hydrogen) atoms. The van der Waals surface area contributed by atoms with Crippen molar-refractivity contribution >= 4 is 23.2 Å². The first-order valence-electron chi connectivity index (χ1n) is 5.28. The quantitative estimate of drug-likeness (QED) is 0.852. The molecule has 0 spiro atoms. The zero-order valence-corrected chi connectivity index (χ0v) is 11.1. The Bertz CT molecular complexity index is 549. The third-order valence-electron chi connectivity index (χ3n) is 2.03. The van der Waals surface area contributed by atoms with Crippen LogP contribution in [0.25, 0.3) is 0 Å². The second-order valence-corrected chi connectivity index (χ2v) is 4.08. The number of benzene rings is 1. The van der Waals surface area contributed by atoms with Crippen molar-refractivity contribution in [3.63, 3.8) is 0 Å². The van der Waals surface area contributed by atoms with E-state index in [1.54, 1.807) is 12.1 Å². The van der Waals surface area contributed by atoms with Gasteiger partial charge in [0.05, 0.1) is 6.61 Å². The molecule has 6 heteroatoms. The molecule has 0 aliphatic heterocycles. The number of hydrogen-bond donors (Lipinski definition) is 0. The second kappa shape index (κ2) is 5.89. The van der Waals surface area contributed by atoms with Gasteiger partial charge in [-0.1, -0.05) is 29.3 Å². The van der Waals surface area contributed by atoms with Crippen LogP contribution in [0.3, 0.4) is 0 Å². The lowest BCUT2D eigenvalue weighted by molar-refractivity contribution is 0.338. The van der Waals surface area contributed by atoms with Crippen LogP contribution in [0.2, 0.25) is 10.3 Å². The van der Waals surface area contributed by atoms with E-state index in [2.05, 4.69) is 10.2 Å². The average molecular weight is 285 g/mol. The first-order valence-corrected chi connectivity index (χ1v) is 6.04. The van der Waals surface area contributed by atoms with Gasteiger partial charge in [0.15, 0.2) is 16.1 Å². The van der Waals surface area contributed by atoms with Crippen LogP contribution in [-0.4, -0.2) is 16.8 Å². The van der Waals surface area contributed by atoms with Gasteiger partial charge in [0, 0.05) is 12.1 Å². The SMILES string of the molecule is CCOc1cccc(Oc2cc(Cl)nnc2Cl)c1.